The average molecular weight is 384 g/mol. The quantitative estimate of drug-likeness (QED) is 0.561. The molecule has 0 aliphatic carbocycles. The minimum Gasteiger partial charge on any atom is -0.497 e. The van der Waals surface area contributed by atoms with E-state index >= 15 is 0 Å². The highest BCUT2D eigenvalue weighted by Crippen LogP contribution is 2.61. The number of hydrogen-bond donors (Lipinski definition) is 1. The Morgan fingerprint density at radius 3 is 2.16 bits per heavy atom. The highest BCUT2D eigenvalue weighted by atomic mass is 35.5. The molecule has 1 N–H and O–H groups in total. The van der Waals surface area contributed by atoms with Crippen molar-refractivity contribution in [2.75, 3.05) is 25.6 Å². The van der Waals surface area contributed by atoms with Gasteiger partial charge in [-0.05, 0) is 44.2 Å². The van der Waals surface area contributed by atoms with Crippen molar-refractivity contribution in [3.63, 3.8) is 0 Å². The summed E-state index contributed by atoms with van der Waals surface area (Å²) in [4.78, 5) is 0. The van der Waals surface area contributed by atoms with Crippen LogP contribution in [0.3, 0.4) is 0 Å². The van der Waals surface area contributed by atoms with E-state index in [9.17, 15) is 4.57 Å². The van der Waals surface area contributed by atoms with Gasteiger partial charge in [0.2, 0.25) is 0 Å². The lowest BCUT2D eigenvalue weighted by Gasteiger charge is -2.28. The van der Waals surface area contributed by atoms with Crippen molar-refractivity contribution in [1.82, 2.24) is 0 Å². The Labute approximate surface area is 153 Å². The molecule has 2 aromatic rings. The fourth-order valence-corrected chi connectivity index (χ4v) is 4.70. The SMILES string of the molecule is CCOP(=O)(OCC)C(Nc1ccc(OC)cc1)c1ccccc1Cl. The number of nitrogens with one attached hydrogen (secondary N) is 1. The summed E-state index contributed by atoms with van der Waals surface area (Å²) in [6.07, 6.45) is 0. The summed E-state index contributed by atoms with van der Waals surface area (Å²) >= 11 is 6.35. The first-order valence-electron chi connectivity index (χ1n) is 8.07. The van der Waals surface area contributed by atoms with Crippen LogP contribution in [0.2, 0.25) is 5.02 Å². The number of hydrogen-bond acceptors (Lipinski definition) is 5. The molecular weight excluding hydrogens is 361 g/mol. The molecule has 0 bridgehead atoms. The minimum absolute atomic E-state index is 0.266. The molecule has 136 valence electrons. The Bertz CT molecular complexity index is 713. The Morgan fingerprint density at radius 2 is 1.64 bits per heavy atom. The molecule has 25 heavy (non-hydrogen) atoms. The van der Waals surface area contributed by atoms with Gasteiger partial charge < -0.3 is 19.1 Å². The lowest BCUT2D eigenvalue weighted by Crippen LogP contribution is -2.15. The van der Waals surface area contributed by atoms with Crippen LogP contribution >= 0.6 is 19.2 Å². The first kappa shape index (κ1) is 19.8. The number of methoxy groups -OCH3 is 1. The predicted octanol–water partition coefficient (Wildman–Crippen LogP) is 5.73. The molecule has 0 aliphatic rings. The van der Waals surface area contributed by atoms with Crippen LogP contribution in [0.1, 0.15) is 25.2 Å². The van der Waals surface area contributed by atoms with Crippen molar-refractivity contribution >= 4 is 24.9 Å². The van der Waals surface area contributed by atoms with Gasteiger partial charge in [0.15, 0.2) is 5.78 Å². The summed E-state index contributed by atoms with van der Waals surface area (Å²) in [5.74, 6) is 0.00661. The molecule has 5 nitrogen and oxygen atoms in total. The summed E-state index contributed by atoms with van der Waals surface area (Å²) in [5, 5.41) is 3.74. The van der Waals surface area contributed by atoms with E-state index in [0.29, 0.717) is 10.6 Å². The topological polar surface area (TPSA) is 56.8 Å². The molecule has 0 aromatic heterocycles. The number of halogens is 1. The van der Waals surface area contributed by atoms with Gasteiger partial charge in [0.25, 0.3) is 0 Å². The lowest BCUT2D eigenvalue weighted by molar-refractivity contribution is 0.214. The molecular formula is C18H23ClNO4P. The van der Waals surface area contributed by atoms with Crippen LogP contribution in [0.25, 0.3) is 0 Å². The zero-order valence-corrected chi connectivity index (χ0v) is 16.2. The van der Waals surface area contributed by atoms with E-state index in [1.165, 1.54) is 0 Å². The third-order valence-corrected chi connectivity index (χ3v) is 6.15. The van der Waals surface area contributed by atoms with Crippen LogP contribution in [0.5, 0.6) is 5.75 Å². The van der Waals surface area contributed by atoms with Crippen LogP contribution in [0.15, 0.2) is 48.5 Å². The van der Waals surface area contributed by atoms with E-state index in [2.05, 4.69) is 5.32 Å². The second-order valence-electron chi connectivity index (χ2n) is 5.17. The van der Waals surface area contributed by atoms with Crippen molar-refractivity contribution in [2.45, 2.75) is 19.6 Å². The van der Waals surface area contributed by atoms with E-state index < -0.39 is 13.4 Å². The Balaban J connectivity index is 2.43. The van der Waals surface area contributed by atoms with Crippen LogP contribution in [-0.2, 0) is 13.6 Å². The Morgan fingerprint density at radius 1 is 1.04 bits per heavy atom. The molecule has 0 fully saturated rings. The summed E-state index contributed by atoms with van der Waals surface area (Å²) in [6.45, 7) is 4.09. The van der Waals surface area contributed by atoms with Gasteiger partial charge in [-0.15, -0.1) is 0 Å². The second kappa shape index (κ2) is 9.25. The highest BCUT2D eigenvalue weighted by Gasteiger charge is 2.38. The molecule has 0 heterocycles. The zero-order valence-electron chi connectivity index (χ0n) is 14.6. The van der Waals surface area contributed by atoms with Gasteiger partial charge in [0, 0.05) is 16.3 Å². The first-order chi connectivity index (χ1) is 12.0. The molecule has 0 aliphatic heterocycles. The van der Waals surface area contributed by atoms with E-state index in [4.69, 9.17) is 25.4 Å². The van der Waals surface area contributed by atoms with Crippen LogP contribution in [-0.4, -0.2) is 20.3 Å². The maximum Gasteiger partial charge on any atom is 0.357 e. The average Bonchev–Trinajstić information content (AvgIpc) is 2.61. The molecule has 0 amide bonds. The van der Waals surface area contributed by atoms with Gasteiger partial charge in [-0.2, -0.15) is 0 Å². The van der Waals surface area contributed by atoms with E-state index in [1.54, 1.807) is 27.0 Å². The van der Waals surface area contributed by atoms with Gasteiger partial charge in [-0.3, -0.25) is 4.57 Å². The Hall–Kier alpha value is -1.52. The molecule has 7 heteroatoms. The lowest BCUT2D eigenvalue weighted by atomic mass is 10.2. The predicted molar refractivity (Wildman–Crippen MR) is 102 cm³/mol. The molecule has 1 atom stereocenters. The fourth-order valence-electron chi connectivity index (χ4n) is 2.42. The second-order valence-corrected chi connectivity index (χ2v) is 7.69. The van der Waals surface area contributed by atoms with Gasteiger partial charge in [-0.25, -0.2) is 0 Å². The largest absolute Gasteiger partial charge is 0.497 e. The normalized spacial score (nSPS) is 12.6. The summed E-state index contributed by atoms with van der Waals surface area (Å²) in [5.41, 5.74) is 1.41. The Kier molecular flexibility index (Phi) is 7.33. The summed E-state index contributed by atoms with van der Waals surface area (Å²) < 4.78 is 29.7. The summed E-state index contributed by atoms with van der Waals surface area (Å²) in [7, 11) is -1.88. The van der Waals surface area contributed by atoms with Crippen molar-refractivity contribution in [2.24, 2.45) is 0 Å². The standard InChI is InChI=1S/C18H23ClNO4P/c1-4-23-25(21,24-5-2)18(16-8-6-7-9-17(16)19)20-14-10-12-15(22-3)13-11-14/h6-13,18,20H,4-5H2,1-3H3. The molecule has 1 unspecified atom stereocenters. The van der Waals surface area contributed by atoms with Crippen molar-refractivity contribution in [3.8, 4) is 5.75 Å². The smallest absolute Gasteiger partial charge is 0.357 e. The highest BCUT2D eigenvalue weighted by molar-refractivity contribution is 7.54. The number of anilines is 1. The van der Waals surface area contributed by atoms with E-state index in [-0.39, 0.29) is 13.2 Å². The molecule has 2 aromatic carbocycles. The van der Waals surface area contributed by atoms with Gasteiger partial charge in [-0.1, -0.05) is 29.8 Å². The van der Waals surface area contributed by atoms with Gasteiger partial charge in [0.1, 0.15) is 5.75 Å². The van der Waals surface area contributed by atoms with Gasteiger partial charge >= 0.3 is 7.60 Å². The van der Waals surface area contributed by atoms with E-state index in [1.807, 2.05) is 42.5 Å². The molecule has 0 saturated carbocycles. The number of ether oxygens (including phenoxy) is 1. The van der Waals surface area contributed by atoms with Crippen molar-refractivity contribution in [3.05, 3.63) is 59.1 Å². The van der Waals surface area contributed by atoms with Crippen LogP contribution in [0.4, 0.5) is 5.69 Å². The molecule has 0 saturated heterocycles. The van der Waals surface area contributed by atoms with Crippen LogP contribution in [0, 0.1) is 0 Å². The maximum atomic E-state index is 13.4. The third kappa shape index (κ3) is 4.99. The monoisotopic (exact) mass is 383 g/mol. The minimum atomic E-state index is -3.49. The number of rotatable bonds is 9. The zero-order chi connectivity index (χ0) is 18.3. The molecule has 0 radical (unpaired) electrons. The van der Waals surface area contributed by atoms with Crippen LogP contribution < -0.4 is 10.1 Å². The maximum absolute atomic E-state index is 13.4. The van der Waals surface area contributed by atoms with Crippen molar-refractivity contribution < 1.29 is 18.3 Å². The third-order valence-electron chi connectivity index (χ3n) is 3.53. The molecule has 0 spiro atoms. The number of benzene rings is 2. The summed E-state index contributed by atoms with van der Waals surface area (Å²) in [6, 6.07) is 14.5. The fraction of sp³-hybridized carbons (Fsp3) is 0.333. The van der Waals surface area contributed by atoms with Gasteiger partial charge in [0.05, 0.1) is 20.3 Å². The molecule has 2 rings (SSSR count). The van der Waals surface area contributed by atoms with Crippen molar-refractivity contribution in [1.29, 1.82) is 0 Å². The first-order valence-corrected chi connectivity index (χ1v) is 10.1. The van der Waals surface area contributed by atoms with E-state index in [0.717, 1.165) is 11.4 Å².